The Morgan fingerprint density at radius 2 is 2.00 bits per heavy atom. The summed E-state index contributed by atoms with van der Waals surface area (Å²) in [6, 6.07) is 9.76. The Hall–Kier alpha value is -1.81. The van der Waals surface area contributed by atoms with E-state index in [-0.39, 0.29) is 12.0 Å². The van der Waals surface area contributed by atoms with Gasteiger partial charge in [-0.15, -0.1) is 0 Å². The molecule has 1 aliphatic carbocycles. The number of H-pyrrole nitrogens is 1. The summed E-state index contributed by atoms with van der Waals surface area (Å²) in [6.07, 6.45) is 3.55. The van der Waals surface area contributed by atoms with E-state index in [1.807, 2.05) is 30.3 Å². The second-order valence-corrected chi connectivity index (χ2v) is 5.65. The highest BCUT2D eigenvalue weighted by Gasteiger charge is 2.20. The Morgan fingerprint density at radius 1 is 1.25 bits per heavy atom. The van der Waals surface area contributed by atoms with E-state index in [0.717, 1.165) is 36.6 Å². The summed E-state index contributed by atoms with van der Waals surface area (Å²) in [6.45, 7) is 0.695. The number of carbonyl (C=O) groups excluding carboxylic acids is 1. The molecule has 0 saturated heterocycles. The molecule has 1 heterocycles. The highest BCUT2D eigenvalue weighted by molar-refractivity contribution is 5.97. The molecule has 4 nitrogen and oxygen atoms in total. The van der Waals surface area contributed by atoms with Crippen molar-refractivity contribution < 1.29 is 9.90 Å². The van der Waals surface area contributed by atoms with Gasteiger partial charge in [0.05, 0.1) is 6.10 Å². The lowest BCUT2D eigenvalue weighted by Crippen LogP contribution is -2.32. The first-order chi connectivity index (χ1) is 9.72. The zero-order valence-corrected chi connectivity index (χ0v) is 11.4. The number of benzene rings is 1. The molecule has 0 atom stereocenters. The summed E-state index contributed by atoms with van der Waals surface area (Å²) in [5.41, 5.74) is 1.60. The van der Waals surface area contributed by atoms with Crippen LogP contribution in [0.15, 0.2) is 30.3 Å². The number of aromatic amines is 1. The Morgan fingerprint density at radius 3 is 2.75 bits per heavy atom. The lowest BCUT2D eigenvalue weighted by atomic mass is 9.87. The van der Waals surface area contributed by atoms with Crippen LogP contribution in [0.5, 0.6) is 0 Å². The summed E-state index contributed by atoms with van der Waals surface area (Å²) >= 11 is 0. The van der Waals surface area contributed by atoms with Gasteiger partial charge in [-0.05, 0) is 43.7 Å². The smallest absolute Gasteiger partial charge is 0.267 e. The summed E-state index contributed by atoms with van der Waals surface area (Å²) in [5, 5.41) is 13.5. The van der Waals surface area contributed by atoms with Gasteiger partial charge in [-0.3, -0.25) is 4.79 Å². The van der Waals surface area contributed by atoms with Gasteiger partial charge in [0.25, 0.3) is 5.91 Å². The predicted octanol–water partition coefficient (Wildman–Crippen LogP) is 2.45. The van der Waals surface area contributed by atoms with E-state index in [9.17, 15) is 9.90 Å². The van der Waals surface area contributed by atoms with Gasteiger partial charge in [-0.1, -0.05) is 18.2 Å². The van der Waals surface area contributed by atoms with Crippen molar-refractivity contribution in [3.05, 3.63) is 36.0 Å². The van der Waals surface area contributed by atoms with Crippen molar-refractivity contribution in [2.24, 2.45) is 5.92 Å². The van der Waals surface area contributed by atoms with Crippen LogP contribution in [0.25, 0.3) is 10.9 Å². The Kier molecular flexibility index (Phi) is 3.74. The molecule has 3 rings (SSSR count). The molecule has 1 fully saturated rings. The van der Waals surface area contributed by atoms with Crippen LogP contribution in [0.4, 0.5) is 0 Å². The van der Waals surface area contributed by atoms with Crippen molar-refractivity contribution in [2.45, 2.75) is 31.8 Å². The van der Waals surface area contributed by atoms with Crippen molar-refractivity contribution in [3.63, 3.8) is 0 Å². The molecule has 2 aromatic rings. The zero-order chi connectivity index (χ0) is 13.9. The van der Waals surface area contributed by atoms with Crippen LogP contribution >= 0.6 is 0 Å². The first kappa shape index (κ1) is 13.2. The van der Waals surface area contributed by atoms with E-state index in [1.165, 1.54) is 0 Å². The SMILES string of the molecule is O=C(NCC1CCC(O)CC1)c1cc2ccccc2[nH]1. The second kappa shape index (κ2) is 5.67. The van der Waals surface area contributed by atoms with Crippen LogP contribution in [0, 0.1) is 5.92 Å². The molecule has 1 aromatic heterocycles. The van der Waals surface area contributed by atoms with Gasteiger partial charge in [-0.2, -0.15) is 0 Å². The van der Waals surface area contributed by atoms with Crippen molar-refractivity contribution in [1.82, 2.24) is 10.3 Å². The number of para-hydroxylation sites is 1. The quantitative estimate of drug-likeness (QED) is 0.803. The summed E-state index contributed by atoms with van der Waals surface area (Å²) < 4.78 is 0. The van der Waals surface area contributed by atoms with E-state index in [1.54, 1.807) is 0 Å². The maximum Gasteiger partial charge on any atom is 0.267 e. The number of aromatic nitrogens is 1. The first-order valence-electron chi connectivity index (χ1n) is 7.26. The molecule has 106 valence electrons. The molecule has 0 radical (unpaired) electrons. The van der Waals surface area contributed by atoms with E-state index < -0.39 is 0 Å². The van der Waals surface area contributed by atoms with Crippen LogP contribution in [0.2, 0.25) is 0 Å². The number of hydrogen-bond donors (Lipinski definition) is 3. The molecular formula is C16H20N2O2. The van der Waals surface area contributed by atoms with Crippen molar-refractivity contribution >= 4 is 16.8 Å². The monoisotopic (exact) mass is 272 g/mol. The van der Waals surface area contributed by atoms with Gasteiger partial charge >= 0.3 is 0 Å². The molecule has 0 unspecified atom stereocenters. The van der Waals surface area contributed by atoms with E-state index in [4.69, 9.17) is 0 Å². The number of rotatable bonds is 3. The van der Waals surface area contributed by atoms with Gasteiger partial charge in [0.15, 0.2) is 0 Å². The number of amides is 1. The van der Waals surface area contributed by atoms with Gasteiger partial charge in [-0.25, -0.2) is 0 Å². The molecule has 4 heteroatoms. The number of aliphatic hydroxyl groups is 1. The molecule has 20 heavy (non-hydrogen) atoms. The third-order valence-electron chi connectivity index (χ3n) is 4.14. The topological polar surface area (TPSA) is 65.1 Å². The molecule has 3 N–H and O–H groups in total. The fourth-order valence-electron chi connectivity index (χ4n) is 2.88. The van der Waals surface area contributed by atoms with Crippen LogP contribution in [0.1, 0.15) is 36.2 Å². The highest BCUT2D eigenvalue weighted by atomic mass is 16.3. The minimum Gasteiger partial charge on any atom is -0.393 e. The maximum atomic E-state index is 12.1. The average molecular weight is 272 g/mol. The van der Waals surface area contributed by atoms with Gasteiger partial charge in [0, 0.05) is 17.4 Å². The number of aliphatic hydroxyl groups excluding tert-OH is 1. The van der Waals surface area contributed by atoms with Crippen molar-refractivity contribution in [3.8, 4) is 0 Å². The van der Waals surface area contributed by atoms with Crippen LogP contribution in [-0.4, -0.2) is 28.6 Å². The van der Waals surface area contributed by atoms with Gasteiger partial charge in [0.2, 0.25) is 0 Å². The number of fused-ring (bicyclic) bond motifs is 1. The number of carbonyl (C=O) groups is 1. The van der Waals surface area contributed by atoms with E-state index in [0.29, 0.717) is 18.2 Å². The average Bonchev–Trinajstić information content (AvgIpc) is 2.90. The minimum absolute atomic E-state index is 0.0488. The number of nitrogens with one attached hydrogen (secondary N) is 2. The fourth-order valence-corrected chi connectivity index (χ4v) is 2.88. The third-order valence-corrected chi connectivity index (χ3v) is 4.14. The second-order valence-electron chi connectivity index (χ2n) is 5.65. The lowest BCUT2D eigenvalue weighted by Gasteiger charge is -2.25. The maximum absolute atomic E-state index is 12.1. The van der Waals surface area contributed by atoms with Crippen molar-refractivity contribution in [2.75, 3.05) is 6.54 Å². The molecule has 0 bridgehead atoms. The van der Waals surface area contributed by atoms with Gasteiger partial charge < -0.3 is 15.4 Å². The van der Waals surface area contributed by atoms with Crippen LogP contribution in [-0.2, 0) is 0 Å². The number of hydrogen-bond acceptors (Lipinski definition) is 2. The molecular weight excluding hydrogens is 252 g/mol. The van der Waals surface area contributed by atoms with Gasteiger partial charge in [0.1, 0.15) is 5.69 Å². The van der Waals surface area contributed by atoms with Crippen molar-refractivity contribution in [1.29, 1.82) is 0 Å². The largest absolute Gasteiger partial charge is 0.393 e. The summed E-state index contributed by atoms with van der Waals surface area (Å²) in [7, 11) is 0. The minimum atomic E-state index is -0.143. The zero-order valence-electron chi connectivity index (χ0n) is 11.4. The molecule has 0 spiro atoms. The lowest BCUT2D eigenvalue weighted by molar-refractivity contribution is 0.0906. The molecule has 1 aliphatic rings. The Bertz CT molecular complexity index is 564. The normalized spacial score (nSPS) is 22.9. The molecule has 1 saturated carbocycles. The molecule has 1 aromatic carbocycles. The fraction of sp³-hybridized carbons (Fsp3) is 0.438. The Labute approximate surface area is 118 Å². The third kappa shape index (κ3) is 2.85. The summed E-state index contributed by atoms with van der Waals surface area (Å²) in [4.78, 5) is 15.3. The standard InChI is InChI=1S/C16H20N2O2/c19-13-7-5-11(6-8-13)10-17-16(20)15-9-12-3-1-2-4-14(12)18-15/h1-4,9,11,13,18-19H,5-8,10H2,(H,17,20). The van der Waals surface area contributed by atoms with E-state index >= 15 is 0 Å². The first-order valence-corrected chi connectivity index (χ1v) is 7.26. The predicted molar refractivity (Wildman–Crippen MR) is 78.6 cm³/mol. The Balaban J connectivity index is 1.59. The van der Waals surface area contributed by atoms with Crippen LogP contribution in [0.3, 0.4) is 0 Å². The summed E-state index contributed by atoms with van der Waals surface area (Å²) in [5.74, 6) is 0.444. The molecule has 0 aliphatic heterocycles. The van der Waals surface area contributed by atoms with E-state index in [2.05, 4.69) is 10.3 Å². The highest BCUT2D eigenvalue weighted by Crippen LogP contribution is 2.23. The molecule has 1 amide bonds. The van der Waals surface area contributed by atoms with Crippen LogP contribution < -0.4 is 5.32 Å².